The van der Waals surface area contributed by atoms with E-state index in [1.165, 1.54) is 10.5 Å². The number of benzene rings is 2. The quantitative estimate of drug-likeness (QED) is 0.649. The Hall–Kier alpha value is -3.19. The number of para-hydroxylation sites is 1. The molecule has 0 bridgehead atoms. The number of aromatic amines is 1. The number of carbonyl (C=O) groups is 1. The fraction of sp³-hybridized carbons (Fsp3) is 0.348. The molecule has 0 unspecified atom stereocenters. The van der Waals surface area contributed by atoms with Crippen LogP contribution in [-0.4, -0.2) is 46.5 Å². The maximum Gasteiger partial charge on any atom is 0.329 e. The highest BCUT2D eigenvalue weighted by molar-refractivity contribution is 5.82. The first-order chi connectivity index (χ1) is 14.6. The molecule has 156 valence electrons. The fourth-order valence-corrected chi connectivity index (χ4v) is 4.24. The van der Waals surface area contributed by atoms with Crippen molar-refractivity contribution in [3.63, 3.8) is 0 Å². The number of hydrogen-bond acceptors (Lipinski definition) is 3. The smallest absolute Gasteiger partial charge is 0.329 e. The number of H-pyrrole nitrogens is 1. The molecule has 1 aromatic heterocycles. The minimum Gasteiger partial charge on any atom is -0.330 e. The summed E-state index contributed by atoms with van der Waals surface area (Å²) in [7, 11) is 0. The van der Waals surface area contributed by atoms with Gasteiger partial charge in [0.15, 0.2) is 0 Å². The molecule has 0 aliphatic carbocycles. The molecule has 2 heterocycles. The van der Waals surface area contributed by atoms with Gasteiger partial charge in [-0.2, -0.15) is 0 Å². The van der Waals surface area contributed by atoms with E-state index in [2.05, 4.69) is 17.1 Å². The number of nitrogens with zero attached hydrogens (tertiary/aromatic N) is 2. The molecule has 30 heavy (non-hydrogen) atoms. The number of amides is 1. The number of fused-ring (bicyclic) bond motifs is 1. The second-order valence-corrected chi connectivity index (χ2v) is 7.81. The van der Waals surface area contributed by atoms with Crippen molar-refractivity contribution in [2.75, 3.05) is 26.2 Å². The van der Waals surface area contributed by atoms with Gasteiger partial charge in [-0.15, -0.1) is 0 Å². The molecule has 1 aliphatic heterocycles. The van der Waals surface area contributed by atoms with E-state index in [4.69, 9.17) is 0 Å². The Morgan fingerprint density at radius 1 is 1.03 bits per heavy atom. The summed E-state index contributed by atoms with van der Waals surface area (Å²) in [5.41, 5.74) is 0.826. The molecule has 1 fully saturated rings. The molecule has 7 heteroatoms. The molecule has 4 rings (SSSR count). The molecule has 0 radical (unpaired) electrons. The minimum atomic E-state index is -0.790. The van der Waals surface area contributed by atoms with Crippen molar-refractivity contribution in [3.8, 4) is 0 Å². The van der Waals surface area contributed by atoms with Gasteiger partial charge in [-0.25, -0.2) is 9.36 Å². The summed E-state index contributed by atoms with van der Waals surface area (Å²) in [6.07, 6.45) is 0.386. The van der Waals surface area contributed by atoms with E-state index in [1.807, 2.05) is 25.1 Å². The lowest BCUT2D eigenvalue weighted by Crippen LogP contribution is -3.13. The van der Waals surface area contributed by atoms with Crippen LogP contribution in [0.1, 0.15) is 24.9 Å². The van der Waals surface area contributed by atoms with Gasteiger partial charge in [-0.3, -0.25) is 9.59 Å². The number of aromatic nitrogens is 2. The highest BCUT2D eigenvalue weighted by Crippen LogP contribution is 2.13. The van der Waals surface area contributed by atoms with Crippen LogP contribution in [-0.2, 0) is 11.3 Å². The summed E-state index contributed by atoms with van der Waals surface area (Å²) in [4.78, 5) is 44.8. The predicted molar refractivity (Wildman–Crippen MR) is 116 cm³/mol. The number of quaternary nitrogens is 1. The average molecular weight is 407 g/mol. The van der Waals surface area contributed by atoms with Crippen molar-refractivity contribution in [1.29, 1.82) is 0 Å². The second kappa shape index (κ2) is 8.67. The molecule has 2 aromatic carbocycles. The summed E-state index contributed by atoms with van der Waals surface area (Å²) in [6, 6.07) is 16.4. The van der Waals surface area contributed by atoms with E-state index < -0.39 is 17.3 Å². The zero-order valence-corrected chi connectivity index (χ0v) is 17.1. The molecule has 0 saturated carbocycles. The lowest BCUT2D eigenvalue weighted by molar-refractivity contribution is -0.917. The minimum absolute atomic E-state index is 0.154. The van der Waals surface area contributed by atoms with Gasteiger partial charge in [0.05, 0.1) is 37.1 Å². The second-order valence-electron chi connectivity index (χ2n) is 7.81. The van der Waals surface area contributed by atoms with Crippen molar-refractivity contribution in [2.24, 2.45) is 0 Å². The van der Waals surface area contributed by atoms with Crippen LogP contribution < -0.4 is 16.1 Å². The van der Waals surface area contributed by atoms with Crippen molar-refractivity contribution in [3.05, 3.63) is 81.0 Å². The Labute approximate surface area is 174 Å². The topological polar surface area (TPSA) is 79.6 Å². The van der Waals surface area contributed by atoms with Gasteiger partial charge in [0.1, 0.15) is 12.6 Å². The van der Waals surface area contributed by atoms with Gasteiger partial charge in [-0.05, 0) is 18.6 Å². The molecule has 2 N–H and O–H groups in total. The molecule has 1 aliphatic rings. The number of nitrogens with one attached hydrogen (secondary N) is 2. The fourth-order valence-electron chi connectivity index (χ4n) is 4.24. The third-order valence-electron chi connectivity index (χ3n) is 5.90. The summed E-state index contributed by atoms with van der Waals surface area (Å²) in [6.45, 7) is 5.71. The van der Waals surface area contributed by atoms with Crippen LogP contribution in [0, 0.1) is 0 Å². The normalized spacial score (nSPS) is 16.0. The summed E-state index contributed by atoms with van der Waals surface area (Å²) < 4.78 is 1.09. The van der Waals surface area contributed by atoms with E-state index >= 15 is 0 Å². The van der Waals surface area contributed by atoms with E-state index in [-0.39, 0.29) is 5.91 Å². The van der Waals surface area contributed by atoms with Crippen molar-refractivity contribution in [2.45, 2.75) is 25.9 Å². The van der Waals surface area contributed by atoms with Gasteiger partial charge in [0.2, 0.25) is 5.91 Å². The van der Waals surface area contributed by atoms with Gasteiger partial charge < -0.3 is 14.8 Å². The van der Waals surface area contributed by atoms with Gasteiger partial charge in [0, 0.05) is 5.56 Å². The Kier molecular flexibility index (Phi) is 5.81. The lowest BCUT2D eigenvalue weighted by atomic mass is 10.1. The van der Waals surface area contributed by atoms with Crippen LogP contribution in [0.4, 0.5) is 0 Å². The Morgan fingerprint density at radius 3 is 2.40 bits per heavy atom. The average Bonchev–Trinajstić information content (AvgIpc) is 2.77. The maximum absolute atomic E-state index is 13.2. The molecule has 7 nitrogen and oxygen atoms in total. The van der Waals surface area contributed by atoms with E-state index in [0.717, 1.165) is 24.2 Å². The van der Waals surface area contributed by atoms with E-state index in [1.54, 1.807) is 29.2 Å². The van der Waals surface area contributed by atoms with Crippen molar-refractivity contribution < 1.29 is 9.69 Å². The molecule has 1 saturated heterocycles. The number of carbonyl (C=O) groups excluding carboxylic acids is 1. The van der Waals surface area contributed by atoms with Crippen LogP contribution in [0.25, 0.3) is 10.9 Å². The standard InChI is InChI=1S/C23H26N4O3/c1-2-20(27-21(28)18-10-6-7-11-19(18)24-23(27)30)22(29)26-14-12-25(13-15-26)16-17-8-4-3-5-9-17/h3-11,20H,2,12-16H2,1H3,(H,24,30)/p+1/t20-/m1/s1. The van der Waals surface area contributed by atoms with E-state index in [0.29, 0.717) is 30.4 Å². The first kappa shape index (κ1) is 20.1. The lowest BCUT2D eigenvalue weighted by Gasteiger charge is -2.34. The first-order valence-electron chi connectivity index (χ1n) is 10.5. The van der Waals surface area contributed by atoms with Crippen LogP contribution in [0.5, 0.6) is 0 Å². The van der Waals surface area contributed by atoms with Crippen LogP contribution >= 0.6 is 0 Å². The maximum atomic E-state index is 13.2. The molecule has 1 amide bonds. The largest absolute Gasteiger partial charge is 0.330 e. The SMILES string of the molecule is CC[C@H](C(=O)N1CC[NH+](Cc2ccccc2)CC1)n1c(=O)[nH]c2ccccc2c1=O. The van der Waals surface area contributed by atoms with Crippen molar-refractivity contribution in [1.82, 2.24) is 14.5 Å². The van der Waals surface area contributed by atoms with Crippen LogP contribution in [0.15, 0.2) is 64.2 Å². The van der Waals surface area contributed by atoms with Gasteiger partial charge in [-0.1, -0.05) is 49.4 Å². The Bertz CT molecular complexity index is 1140. The van der Waals surface area contributed by atoms with Crippen LogP contribution in [0.2, 0.25) is 0 Å². The summed E-state index contributed by atoms with van der Waals surface area (Å²) >= 11 is 0. The predicted octanol–water partition coefficient (Wildman–Crippen LogP) is 0.568. The summed E-state index contributed by atoms with van der Waals surface area (Å²) in [5.74, 6) is -0.154. The third kappa shape index (κ3) is 3.93. The molecule has 3 aromatic rings. The zero-order chi connectivity index (χ0) is 21.1. The molecule has 1 atom stereocenters. The van der Waals surface area contributed by atoms with Gasteiger partial charge in [0.25, 0.3) is 5.56 Å². The molecule has 0 spiro atoms. The number of rotatable bonds is 5. The van der Waals surface area contributed by atoms with Crippen LogP contribution in [0.3, 0.4) is 0 Å². The monoisotopic (exact) mass is 407 g/mol. The van der Waals surface area contributed by atoms with Gasteiger partial charge >= 0.3 is 5.69 Å². The molecular weight excluding hydrogens is 380 g/mol. The highest BCUT2D eigenvalue weighted by atomic mass is 16.2. The zero-order valence-electron chi connectivity index (χ0n) is 17.1. The first-order valence-corrected chi connectivity index (χ1v) is 10.5. The highest BCUT2D eigenvalue weighted by Gasteiger charge is 2.31. The Balaban J connectivity index is 1.51. The Morgan fingerprint density at radius 2 is 1.70 bits per heavy atom. The number of hydrogen-bond donors (Lipinski definition) is 2. The number of piperazine rings is 1. The molecular formula is C23H27N4O3+. The van der Waals surface area contributed by atoms with E-state index in [9.17, 15) is 14.4 Å². The van der Waals surface area contributed by atoms with Crippen molar-refractivity contribution >= 4 is 16.8 Å². The third-order valence-corrected chi connectivity index (χ3v) is 5.90. The summed E-state index contributed by atoms with van der Waals surface area (Å²) in [5, 5.41) is 0.417.